The third kappa shape index (κ3) is 3.87. The molecule has 0 unspecified atom stereocenters. The first-order valence-electron chi connectivity index (χ1n) is 9.70. The van der Waals surface area contributed by atoms with Crippen LogP contribution in [0.2, 0.25) is 0 Å². The molecular weight excluding hydrogens is 368 g/mol. The molecule has 0 aliphatic carbocycles. The van der Waals surface area contributed by atoms with Gasteiger partial charge in [0, 0.05) is 61.2 Å². The van der Waals surface area contributed by atoms with E-state index in [1.807, 2.05) is 18.2 Å². The maximum absolute atomic E-state index is 11.5. The molecular formula is C22H24N4O3. The first kappa shape index (κ1) is 19.2. The van der Waals surface area contributed by atoms with Gasteiger partial charge in [-0.1, -0.05) is 30.3 Å². The van der Waals surface area contributed by atoms with Crippen LogP contribution >= 0.6 is 0 Å². The summed E-state index contributed by atoms with van der Waals surface area (Å²) in [4.78, 5) is 25.0. The van der Waals surface area contributed by atoms with Crippen LogP contribution in [-0.4, -0.2) is 39.6 Å². The number of amides is 2. The second-order valence-corrected chi connectivity index (χ2v) is 7.41. The molecule has 3 aromatic rings. The molecule has 0 fully saturated rings. The summed E-state index contributed by atoms with van der Waals surface area (Å²) in [5.41, 5.74) is 12.3. The number of carbonyl (C=O) groups is 2. The number of primary amides is 1. The zero-order valence-electron chi connectivity index (χ0n) is 16.1. The van der Waals surface area contributed by atoms with Crippen molar-refractivity contribution in [2.24, 2.45) is 5.73 Å². The number of nitrogens with one attached hydrogen (secondary N) is 1. The lowest BCUT2D eigenvalue weighted by Gasteiger charge is -2.27. The number of aromatic nitrogens is 1. The number of benzene rings is 2. The molecule has 2 amide bonds. The highest BCUT2D eigenvalue weighted by molar-refractivity contribution is 5.93. The molecule has 4 rings (SSSR count). The van der Waals surface area contributed by atoms with Crippen LogP contribution in [0.1, 0.15) is 33.6 Å². The highest BCUT2D eigenvalue weighted by atomic mass is 16.5. The van der Waals surface area contributed by atoms with E-state index in [2.05, 4.69) is 27.7 Å². The molecule has 1 aromatic heterocycles. The van der Waals surface area contributed by atoms with Crippen molar-refractivity contribution in [1.82, 2.24) is 14.9 Å². The largest absolute Gasteiger partial charge is 0.370 e. The Hall–Kier alpha value is -3.16. The van der Waals surface area contributed by atoms with Crippen LogP contribution in [0.4, 0.5) is 0 Å². The number of fused-ring (bicyclic) bond motifs is 3. The van der Waals surface area contributed by atoms with Gasteiger partial charge in [0.25, 0.3) is 5.91 Å². The van der Waals surface area contributed by atoms with Crippen molar-refractivity contribution in [2.75, 3.05) is 13.1 Å². The van der Waals surface area contributed by atoms with Crippen molar-refractivity contribution in [2.45, 2.75) is 25.9 Å². The number of para-hydroxylation sites is 1. The number of hydrogen-bond acceptors (Lipinski definition) is 4. The Kier molecular flexibility index (Phi) is 5.33. The van der Waals surface area contributed by atoms with Gasteiger partial charge in [-0.25, -0.2) is 5.48 Å². The minimum atomic E-state index is -0.517. The van der Waals surface area contributed by atoms with Crippen LogP contribution < -0.4 is 11.2 Å². The SMILES string of the molecule is NC(=O)CCN1CCc2c(c3ccccc3n2Cc2ccc(C(=O)NO)cc2)C1. The van der Waals surface area contributed by atoms with E-state index in [0.717, 1.165) is 25.1 Å². The predicted molar refractivity (Wildman–Crippen MR) is 110 cm³/mol. The van der Waals surface area contributed by atoms with Gasteiger partial charge in [0.15, 0.2) is 0 Å². The van der Waals surface area contributed by atoms with Crippen LogP contribution in [-0.2, 0) is 24.3 Å². The van der Waals surface area contributed by atoms with E-state index < -0.39 is 5.91 Å². The lowest BCUT2D eigenvalue weighted by atomic mass is 10.0. The Labute approximate surface area is 168 Å². The topological polar surface area (TPSA) is 101 Å². The number of nitrogens with two attached hydrogens (primary N) is 1. The standard InChI is InChI=1S/C22H24N4O3/c23-21(27)10-12-25-11-9-20-18(14-25)17-3-1-2-4-19(17)26(20)13-15-5-7-16(8-6-15)22(28)24-29/h1-8,29H,9-14H2,(H2,23,27)(H,24,28). The predicted octanol–water partition coefficient (Wildman–Crippen LogP) is 2.04. The molecule has 1 aliphatic heterocycles. The summed E-state index contributed by atoms with van der Waals surface area (Å²) in [5.74, 6) is -0.784. The molecule has 7 heteroatoms. The van der Waals surface area contributed by atoms with Gasteiger partial charge in [-0.2, -0.15) is 0 Å². The zero-order valence-corrected chi connectivity index (χ0v) is 16.1. The van der Waals surface area contributed by atoms with Crippen LogP contribution in [0.5, 0.6) is 0 Å². The smallest absolute Gasteiger partial charge is 0.274 e. The fraction of sp³-hybridized carbons (Fsp3) is 0.273. The first-order chi connectivity index (χ1) is 14.1. The molecule has 0 saturated carbocycles. The van der Waals surface area contributed by atoms with Crippen LogP contribution in [0.15, 0.2) is 48.5 Å². The van der Waals surface area contributed by atoms with Gasteiger partial charge in [-0.05, 0) is 29.3 Å². The van der Waals surface area contributed by atoms with E-state index >= 15 is 0 Å². The van der Waals surface area contributed by atoms with Crippen molar-refractivity contribution in [3.05, 3.63) is 70.9 Å². The quantitative estimate of drug-likeness (QED) is 0.441. The average Bonchev–Trinajstić information content (AvgIpc) is 3.05. The molecule has 0 atom stereocenters. The van der Waals surface area contributed by atoms with Gasteiger partial charge < -0.3 is 10.3 Å². The Morgan fingerprint density at radius 2 is 1.86 bits per heavy atom. The van der Waals surface area contributed by atoms with Crippen molar-refractivity contribution < 1.29 is 14.8 Å². The first-order valence-corrected chi connectivity index (χ1v) is 9.70. The minimum absolute atomic E-state index is 0.267. The van der Waals surface area contributed by atoms with E-state index in [-0.39, 0.29) is 5.91 Å². The Morgan fingerprint density at radius 1 is 1.10 bits per heavy atom. The Morgan fingerprint density at radius 3 is 2.59 bits per heavy atom. The van der Waals surface area contributed by atoms with Gasteiger partial charge in [-0.15, -0.1) is 0 Å². The van der Waals surface area contributed by atoms with Gasteiger partial charge in [0.05, 0.1) is 0 Å². The number of hydroxylamine groups is 1. The molecule has 2 aromatic carbocycles. The minimum Gasteiger partial charge on any atom is -0.370 e. The number of nitrogens with zero attached hydrogens (tertiary/aromatic N) is 2. The molecule has 2 heterocycles. The molecule has 1 aliphatic rings. The molecule has 0 saturated heterocycles. The third-order valence-electron chi connectivity index (χ3n) is 5.57. The lowest BCUT2D eigenvalue weighted by molar-refractivity contribution is -0.118. The van der Waals surface area contributed by atoms with E-state index in [1.54, 1.807) is 17.6 Å². The van der Waals surface area contributed by atoms with Crippen molar-refractivity contribution in [3.63, 3.8) is 0 Å². The summed E-state index contributed by atoms with van der Waals surface area (Å²) in [5, 5.41) is 10.0. The number of carbonyl (C=O) groups excluding carboxylic acids is 2. The van der Waals surface area contributed by atoms with Crippen LogP contribution in [0, 0.1) is 0 Å². The highest BCUT2D eigenvalue weighted by Gasteiger charge is 2.24. The fourth-order valence-corrected chi connectivity index (χ4v) is 4.11. The number of rotatable bonds is 6. The van der Waals surface area contributed by atoms with E-state index in [1.165, 1.54) is 22.2 Å². The van der Waals surface area contributed by atoms with Gasteiger partial charge in [0.1, 0.15) is 0 Å². The molecule has 7 nitrogen and oxygen atoms in total. The molecule has 0 bridgehead atoms. The summed E-state index contributed by atoms with van der Waals surface area (Å²) in [6.07, 6.45) is 1.29. The van der Waals surface area contributed by atoms with Crippen molar-refractivity contribution in [3.8, 4) is 0 Å². The van der Waals surface area contributed by atoms with E-state index in [9.17, 15) is 9.59 Å². The fourth-order valence-electron chi connectivity index (χ4n) is 4.11. The molecule has 0 spiro atoms. The van der Waals surface area contributed by atoms with Gasteiger partial charge >= 0.3 is 0 Å². The second kappa shape index (κ2) is 8.06. The average molecular weight is 392 g/mol. The van der Waals surface area contributed by atoms with Gasteiger partial charge in [-0.3, -0.25) is 19.7 Å². The summed E-state index contributed by atoms with van der Waals surface area (Å²) < 4.78 is 2.34. The molecule has 4 N–H and O–H groups in total. The van der Waals surface area contributed by atoms with E-state index in [0.29, 0.717) is 25.1 Å². The van der Waals surface area contributed by atoms with Crippen LogP contribution in [0.3, 0.4) is 0 Å². The van der Waals surface area contributed by atoms with Gasteiger partial charge in [0.2, 0.25) is 5.91 Å². The normalized spacial score (nSPS) is 14.0. The molecule has 29 heavy (non-hydrogen) atoms. The number of hydrogen-bond donors (Lipinski definition) is 3. The summed E-state index contributed by atoms with van der Waals surface area (Å²) >= 11 is 0. The third-order valence-corrected chi connectivity index (χ3v) is 5.57. The lowest BCUT2D eigenvalue weighted by Crippen LogP contribution is -2.33. The van der Waals surface area contributed by atoms with Crippen molar-refractivity contribution >= 4 is 22.7 Å². The van der Waals surface area contributed by atoms with E-state index in [4.69, 9.17) is 10.9 Å². The highest BCUT2D eigenvalue weighted by Crippen LogP contribution is 2.31. The second-order valence-electron chi connectivity index (χ2n) is 7.41. The van der Waals surface area contributed by atoms with Crippen molar-refractivity contribution in [1.29, 1.82) is 0 Å². The summed E-state index contributed by atoms with van der Waals surface area (Å²) in [7, 11) is 0. The maximum atomic E-state index is 11.5. The monoisotopic (exact) mass is 392 g/mol. The summed E-state index contributed by atoms with van der Waals surface area (Å²) in [6, 6.07) is 15.6. The van der Waals surface area contributed by atoms with Crippen LogP contribution in [0.25, 0.3) is 10.9 Å². The zero-order chi connectivity index (χ0) is 20.4. The summed E-state index contributed by atoms with van der Waals surface area (Å²) in [6.45, 7) is 3.10. The Balaban J connectivity index is 1.64. The maximum Gasteiger partial charge on any atom is 0.274 e. The molecule has 150 valence electrons. The Bertz CT molecular complexity index is 1060. The molecule has 0 radical (unpaired) electrons.